The van der Waals surface area contributed by atoms with Crippen molar-refractivity contribution in [3.63, 3.8) is 0 Å². The number of hydrogen-bond donors (Lipinski definition) is 1. The first kappa shape index (κ1) is 12.2. The highest BCUT2D eigenvalue weighted by Gasteiger charge is 2.10. The molecule has 0 amide bonds. The summed E-state index contributed by atoms with van der Waals surface area (Å²) in [5, 5.41) is 12.4. The molecule has 0 bridgehead atoms. The van der Waals surface area contributed by atoms with Crippen LogP contribution in [0.15, 0.2) is 35.8 Å². The molecule has 0 atom stereocenters. The maximum absolute atomic E-state index is 10.8. The number of rotatable bonds is 3. The summed E-state index contributed by atoms with van der Waals surface area (Å²) in [6.07, 6.45) is 1.93. The number of hydrogen-bond acceptors (Lipinski definition) is 3. The topological polar surface area (TPSA) is 55.1 Å². The number of benzene rings is 1. The predicted octanol–water partition coefficient (Wildman–Crippen LogP) is 3.50. The first-order chi connectivity index (χ1) is 9.15. The standard InChI is InChI=1S/C13H9ClN2O2S/c14-10-2-1-3-11-9(10)4-5-16(11)6-8-7-19-12(15-8)13(17)18/h1-5,7H,6H2,(H,17,18). The molecule has 0 saturated carbocycles. The first-order valence-corrected chi connectivity index (χ1v) is 6.82. The Morgan fingerprint density at radius 3 is 3.00 bits per heavy atom. The third kappa shape index (κ3) is 2.22. The Balaban J connectivity index is 1.96. The van der Waals surface area contributed by atoms with E-state index in [1.165, 1.54) is 0 Å². The molecule has 2 heterocycles. The third-order valence-corrected chi connectivity index (χ3v) is 4.04. The molecule has 0 aliphatic rings. The molecule has 0 radical (unpaired) electrons. The Bertz CT molecular complexity index is 763. The summed E-state index contributed by atoms with van der Waals surface area (Å²) < 4.78 is 2.00. The molecule has 0 saturated heterocycles. The Morgan fingerprint density at radius 1 is 1.42 bits per heavy atom. The Kier molecular flexibility index (Phi) is 3.00. The lowest BCUT2D eigenvalue weighted by Crippen LogP contribution is -2.00. The van der Waals surface area contributed by atoms with E-state index in [9.17, 15) is 4.79 Å². The molecule has 4 nitrogen and oxygen atoms in total. The van der Waals surface area contributed by atoms with E-state index in [4.69, 9.17) is 16.7 Å². The number of fused-ring (bicyclic) bond motifs is 1. The van der Waals surface area contributed by atoms with E-state index in [1.807, 2.05) is 35.0 Å². The van der Waals surface area contributed by atoms with Gasteiger partial charge in [-0.1, -0.05) is 17.7 Å². The van der Waals surface area contributed by atoms with Crippen molar-refractivity contribution in [2.45, 2.75) is 6.54 Å². The maximum Gasteiger partial charge on any atom is 0.365 e. The maximum atomic E-state index is 10.8. The van der Waals surface area contributed by atoms with Crippen LogP contribution in [0.25, 0.3) is 10.9 Å². The van der Waals surface area contributed by atoms with Crippen LogP contribution in [-0.2, 0) is 6.54 Å². The van der Waals surface area contributed by atoms with Gasteiger partial charge >= 0.3 is 5.97 Å². The molecular formula is C13H9ClN2O2S. The minimum Gasteiger partial charge on any atom is -0.476 e. The van der Waals surface area contributed by atoms with Crippen LogP contribution in [0.4, 0.5) is 0 Å². The van der Waals surface area contributed by atoms with Crippen LogP contribution in [0.3, 0.4) is 0 Å². The van der Waals surface area contributed by atoms with Crippen molar-refractivity contribution in [1.82, 2.24) is 9.55 Å². The van der Waals surface area contributed by atoms with Gasteiger partial charge in [0.25, 0.3) is 0 Å². The van der Waals surface area contributed by atoms with Crippen molar-refractivity contribution in [1.29, 1.82) is 0 Å². The average Bonchev–Trinajstić information content (AvgIpc) is 2.98. The molecule has 0 aliphatic heterocycles. The first-order valence-electron chi connectivity index (χ1n) is 5.56. The molecule has 1 N–H and O–H groups in total. The van der Waals surface area contributed by atoms with E-state index in [1.54, 1.807) is 5.38 Å². The fraction of sp³-hybridized carbons (Fsp3) is 0.0769. The molecule has 96 valence electrons. The van der Waals surface area contributed by atoms with Crippen LogP contribution in [0.1, 0.15) is 15.5 Å². The minimum atomic E-state index is -0.989. The lowest BCUT2D eigenvalue weighted by molar-refractivity contribution is 0.0696. The molecular weight excluding hydrogens is 284 g/mol. The van der Waals surface area contributed by atoms with Gasteiger partial charge in [-0.05, 0) is 18.2 Å². The average molecular weight is 293 g/mol. The Labute approximate surface area is 117 Å². The minimum absolute atomic E-state index is 0.115. The zero-order chi connectivity index (χ0) is 13.4. The largest absolute Gasteiger partial charge is 0.476 e. The second kappa shape index (κ2) is 4.68. The fourth-order valence-electron chi connectivity index (χ4n) is 1.98. The molecule has 3 aromatic rings. The summed E-state index contributed by atoms with van der Waals surface area (Å²) in [7, 11) is 0. The van der Waals surface area contributed by atoms with E-state index in [0.717, 1.165) is 27.9 Å². The van der Waals surface area contributed by atoms with Crippen molar-refractivity contribution in [3.05, 3.63) is 51.6 Å². The number of carbonyl (C=O) groups is 1. The summed E-state index contributed by atoms with van der Waals surface area (Å²) in [5.41, 5.74) is 1.75. The number of carboxylic acids is 1. The van der Waals surface area contributed by atoms with Gasteiger partial charge in [0.2, 0.25) is 5.01 Å². The van der Waals surface area contributed by atoms with Gasteiger partial charge in [-0.2, -0.15) is 0 Å². The summed E-state index contributed by atoms with van der Waals surface area (Å²) in [6.45, 7) is 0.535. The second-order valence-corrected chi connectivity index (χ2v) is 5.33. The highest BCUT2D eigenvalue weighted by atomic mass is 35.5. The normalized spacial score (nSPS) is 11.0. The molecule has 2 aromatic heterocycles. The number of carboxylic acid groups (broad SMARTS) is 1. The molecule has 0 fully saturated rings. The molecule has 0 unspecified atom stereocenters. The van der Waals surface area contributed by atoms with Crippen LogP contribution >= 0.6 is 22.9 Å². The molecule has 0 spiro atoms. The molecule has 19 heavy (non-hydrogen) atoms. The van der Waals surface area contributed by atoms with Crippen molar-refractivity contribution in [2.24, 2.45) is 0 Å². The summed E-state index contributed by atoms with van der Waals surface area (Å²) >= 11 is 7.25. The van der Waals surface area contributed by atoms with E-state index in [2.05, 4.69) is 4.98 Å². The van der Waals surface area contributed by atoms with Crippen LogP contribution in [0.5, 0.6) is 0 Å². The summed E-state index contributed by atoms with van der Waals surface area (Å²) in [4.78, 5) is 14.9. The molecule has 3 rings (SSSR count). The zero-order valence-corrected chi connectivity index (χ0v) is 11.3. The lowest BCUT2D eigenvalue weighted by atomic mass is 10.2. The van der Waals surface area contributed by atoms with Crippen molar-refractivity contribution in [3.8, 4) is 0 Å². The van der Waals surface area contributed by atoms with Gasteiger partial charge in [-0.3, -0.25) is 0 Å². The summed E-state index contributed by atoms with van der Waals surface area (Å²) in [6, 6.07) is 7.67. The Morgan fingerprint density at radius 2 is 2.26 bits per heavy atom. The van der Waals surface area contributed by atoms with Gasteiger partial charge in [0, 0.05) is 27.5 Å². The molecule has 1 aromatic carbocycles. The van der Waals surface area contributed by atoms with Gasteiger partial charge in [-0.25, -0.2) is 9.78 Å². The number of aromatic carboxylic acids is 1. The SMILES string of the molecule is O=C(O)c1nc(Cn2ccc3c(Cl)cccc32)cs1. The quantitative estimate of drug-likeness (QED) is 0.804. The third-order valence-electron chi connectivity index (χ3n) is 2.83. The van der Waals surface area contributed by atoms with Crippen LogP contribution in [-0.4, -0.2) is 20.6 Å². The monoisotopic (exact) mass is 292 g/mol. The zero-order valence-electron chi connectivity index (χ0n) is 9.71. The predicted molar refractivity (Wildman–Crippen MR) is 75.1 cm³/mol. The fourth-order valence-corrected chi connectivity index (χ4v) is 2.85. The highest BCUT2D eigenvalue weighted by Crippen LogP contribution is 2.25. The van der Waals surface area contributed by atoms with E-state index in [-0.39, 0.29) is 5.01 Å². The second-order valence-electron chi connectivity index (χ2n) is 4.07. The van der Waals surface area contributed by atoms with E-state index in [0.29, 0.717) is 11.6 Å². The van der Waals surface area contributed by atoms with E-state index < -0.39 is 5.97 Å². The van der Waals surface area contributed by atoms with Crippen molar-refractivity contribution >= 4 is 39.8 Å². The molecule has 6 heteroatoms. The number of halogens is 1. The number of thiazole rings is 1. The van der Waals surface area contributed by atoms with Gasteiger partial charge in [0.15, 0.2) is 0 Å². The number of nitrogens with zero attached hydrogens (tertiary/aromatic N) is 2. The van der Waals surface area contributed by atoms with E-state index >= 15 is 0 Å². The lowest BCUT2D eigenvalue weighted by Gasteiger charge is -2.03. The molecule has 0 aliphatic carbocycles. The van der Waals surface area contributed by atoms with Gasteiger partial charge in [-0.15, -0.1) is 11.3 Å². The Hall–Kier alpha value is -1.85. The summed E-state index contributed by atoms with van der Waals surface area (Å²) in [5.74, 6) is -0.989. The number of aromatic nitrogens is 2. The van der Waals surface area contributed by atoms with Gasteiger partial charge in [0.1, 0.15) is 0 Å². The van der Waals surface area contributed by atoms with Crippen LogP contribution < -0.4 is 0 Å². The van der Waals surface area contributed by atoms with Crippen LogP contribution in [0, 0.1) is 0 Å². The van der Waals surface area contributed by atoms with Gasteiger partial charge in [0.05, 0.1) is 12.2 Å². The van der Waals surface area contributed by atoms with Crippen molar-refractivity contribution in [2.75, 3.05) is 0 Å². The van der Waals surface area contributed by atoms with Crippen molar-refractivity contribution < 1.29 is 9.90 Å². The smallest absolute Gasteiger partial charge is 0.365 e. The highest BCUT2D eigenvalue weighted by molar-refractivity contribution is 7.11. The van der Waals surface area contributed by atoms with Crippen LogP contribution in [0.2, 0.25) is 5.02 Å². The van der Waals surface area contributed by atoms with Gasteiger partial charge < -0.3 is 9.67 Å².